The van der Waals surface area contributed by atoms with Gasteiger partial charge in [0.1, 0.15) is 0 Å². The number of nitrogens with one attached hydrogen (secondary N) is 1. The molecule has 0 fully saturated rings. The van der Waals surface area contributed by atoms with Crippen LogP contribution in [0.3, 0.4) is 0 Å². The third-order valence-corrected chi connectivity index (χ3v) is 5.81. The van der Waals surface area contributed by atoms with Gasteiger partial charge in [-0.3, -0.25) is 0 Å². The molecule has 2 heterocycles. The summed E-state index contributed by atoms with van der Waals surface area (Å²) in [5, 5.41) is 16.9. The summed E-state index contributed by atoms with van der Waals surface area (Å²) in [6, 6.07) is 34.1. The first-order valence-electron chi connectivity index (χ1n) is 10.3. The van der Waals surface area contributed by atoms with E-state index in [1.54, 1.807) is 0 Å². The summed E-state index contributed by atoms with van der Waals surface area (Å²) >= 11 is 0. The van der Waals surface area contributed by atoms with E-state index in [4.69, 9.17) is 0 Å². The monoisotopic (exact) mass is 401 g/mol. The number of H-pyrrole nitrogens is 1. The molecule has 6 rings (SSSR count). The second kappa shape index (κ2) is 7.22. The molecular weight excluding hydrogens is 382 g/mol. The van der Waals surface area contributed by atoms with Crippen LogP contribution in [-0.4, -0.2) is 25.2 Å². The number of benzene rings is 4. The molecule has 0 aliphatic carbocycles. The summed E-state index contributed by atoms with van der Waals surface area (Å²) in [6.07, 6.45) is 0. The lowest BCUT2D eigenvalue weighted by atomic mass is 9.99. The molecule has 5 nitrogen and oxygen atoms in total. The number of hydrogen-bond acceptors (Lipinski definition) is 3. The highest BCUT2D eigenvalue weighted by Gasteiger charge is 2.14. The molecule has 2 aromatic heterocycles. The van der Waals surface area contributed by atoms with Crippen molar-refractivity contribution >= 4 is 21.8 Å². The van der Waals surface area contributed by atoms with Gasteiger partial charge < -0.3 is 4.57 Å². The Morgan fingerprint density at radius 1 is 0.677 bits per heavy atom. The largest absolute Gasteiger partial charge is 0.336 e. The van der Waals surface area contributed by atoms with Gasteiger partial charge in [0.2, 0.25) is 5.82 Å². The van der Waals surface area contributed by atoms with Crippen molar-refractivity contribution in [2.45, 2.75) is 6.54 Å². The number of hydrogen-bond donors (Lipinski definition) is 1. The highest BCUT2D eigenvalue weighted by Crippen LogP contribution is 2.33. The van der Waals surface area contributed by atoms with Gasteiger partial charge in [0, 0.05) is 33.9 Å². The van der Waals surface area contributed by atoms with Crippen molar-refractivity contribution in [1.82, 2.24) is 25.2 Å². The number of tetrazole rings is 1. The fourth-order valence-corrected chi connectivity index (χ4v) is 4.38. The predicted octanol–water partition coefficient (Wildman–Crippen LogP) is 5.69. The number of aromatic nitrogens is 5. The SMILES string of the molecule is c1ccc(-c2ccccc2Cn2c3ccccc3c3cc(-c4nn[nH]n4)ccc32)cc1. The van der Waals surface area contributed by atoms with E-state index >= 15 is 0 Å². The standard InChI is InChI=1S/C26H19N5/c1-2-8-18(9-3-1)21-11-5-4-10-20(21)17-31-24-13-7-6-12-22(24)23-16-19(14-15-25(23)31)26-27-29-30-28-26/h1-16H,17H2,(H,27,28,29,30). The molecule has 0 aliphatic heterocycles. The zero-order valence-electron chi connectivity index (χ0n) is 16.7. The Morgan fingerprint density at radius 2 is 1.45 bits per heavy atom. The molecule has 0 unspecified atom stereocenters. The van der Waals surface area contributed by atoms with Gasteiger partial charge in [-0.1, -0.05) is 72.8 Å². The lowest BCUT2D eigenvalue weighted by molar-refractivity contribution is 0.871. The summed E-state index contributed by atoms with van der Waals surface area (Å²) < 4.78 is 2.40. The van der Waals surface area contributed by atoms with Crippen LogP contribution in [0.5, 0.6) is 0 Å². The van der Waals surface area contributed by atoms with Crippen LogP contribution in [0.25, 0.3) is 44.3 Å². The van der Waals surface area contributed by atoms with Crippen LogP contribution in [0.2, 0.25) is 0 Å². The highest BCUT2D eigenvalue weighted by molar-refractivity contribution is 6.09. The van der Waals surface area contributed by atoms with Gasteiger partial charge >= 0.3 is 0 Å². The molecule has 0 amide bonds. The maximum Gasteiger partial charge on any atom is 0.204 e. The van der Waals surface area contributed by atoms with Crippen LogP contribution in [0.15, 0.2) is 97.1 Å². The predicted molar refractivity (Wildman–Crippen MR) is 124 cm³/mol. The van der Waals surface area contributed by atoms with E-state index in [2.05, 4.69) is 122 Å². The van der Waals surface area contributed by atoms with Crippen LogP contribution >= 0.6 is 0 Å². The summed E-state index contributed by atoms with van der Waals surface area (Å²) in [5.74, 6) is 0.605. The first-order chi connectivity index (χ1) is 15.4. The Kier molecular flexibility index (Phi) is 4.10. The first-order valence-corrected chi connectivity index (χ1v) is 10.3. The van der Waals surface area contributed by atoms with E-state index in [1.807, 2.05) is 0 Å². The summed E-state index contributed by atoms with van der Waals surface area (Å²) in [5.41, 5.74) is 7.14. The molecule has 31 heavy (non-hydrogen) atoms. The molecule has 5 heteroatoms. The number of aromatic amines is 1. The van der Waals surface area contributed by atoms with Gasteiger partial charge in [-0.2, -0.15) is 5.21 Å². The zero-order chi connectivity index (χ0) is 20.6. The van der Waals surface area contributed by atoms with E-state index in [-0.39, 0.29) is 0 Å². The molecule has 1 N–H and O–H groups in total. The van der Waals surface area contributed by atoms with Crippen molar-refractivity contribution in [3.8, 4) is 22.5 Å². The van der Waals surface area contributed by atoms with E-state index in [0.717, 1.165) is 12.1 Å². The van der Waals surface area contributed by atoms with Gasteiger partial charge in [0.15, 0.2) is 0 Å². The molecule has 0 radical (unpaired) electrons. The second-order valence-corrected chi connectivity index (χ2v) is 7.59. The molecule has 0 aliphatic rings. The van der Waals surface area contributed by atoms with Crippen LogP contribution in [0.4, 0.5) is 0 Å². The van der Waals surface area contributed by atoms with E-state index in [1.165, 1.54) is 38.5 Å². The Labute approximate surface area is 179 Å². The maximum absolute atomic E-state index is 4.14. The molecule has 0 atom stereocenters. The topological polar surface area (TPSA) is 59.4 Å². The normalized spacial score (nSPS) is 11.4. The number of rotatable bonds is 4. The third kappa shape index (κ3) is 2.99. The van der Waals surface area contributed by atoms with E-state index in [0.29, 0.717) is 5.82 Å². The molecule has 148 valence electrons. The average Bonchev–Trinajstić information content (AvgIpc) is 3.48. The van der Waals surface area contributed by atoms with Crippen molar-refractivity contribution in [2.75, 3.05) is 0 Å². The van der Waals surface area contributed by atoms with Crippen molar-refractivity contribution in [2.24, 2.45) is 0 Å². The lowest BCUT2D eigenvalue weighted by Gasteiger charge is -2.13. The molecule has 0 saturated carbocycles. The molecule has 0 spiro atoms. The smallest absolute Gasteiger partial charge is 0.204 e. The van der Waals surface area contributed by atoms with Crippen molar-refractivity contribution in [1.29, 1.82) is 0 Å². The Bertz CT molecular complexity index is 1500. The Hall–Kier alpha value is -4.25. The average molecular weight is 401 g/mol. The molecule has 0 bridgehead atoms. The maximum atomic E-state index is 4.14. The van der Waals surface area contributed by atoms with Gasteiger partial charge in [-0.25, -0.2) is 0 Å². The number of fused-ring (bicyclic) bond motifs is 3. The minimum atomic E-state index is 0.605. The molecule has 4 aromatic carbocycles. The van der Waals surface area contributed by atoms with Crippen LogP contribution in [0, 0.1) is 0 Å². The highest BCUT2D eigenvalue weighted by atomic mass is 15.5. The fourth-order valence-electron chi connectivity index (χ4n) is 4.38. The van der Waals surface area contributed by atoms with Gasteiger partial charge in [0.05, 0.1) is 0 Å². The quantitative estimate of drug-likeness (QED) is 0.413. The molecule has 6 aromatic rings. The summed E-state index contributed by atoms with van der Waals surface area (Å²) in [7, 11) is 0. The second-order valence-electron chi connectivity index (χ2n) is 7.59. The molecule has 0 saturated heterocycles. The lowest BCUT2D eigenvalue weighted by Crippen LogP contribution is -2.01. The van der Waals surface area contributed by atoms with Crippen LogP contribution < -0.4 is 0 Å². The zero-order valence-corrected chi connectivity index (χ0v) is 16.7. The molecular formula is C26H19N5. The Balaban J connectivity index is 1.54. The van der Waals surface area contributed by atoms with E-state index < -0.39 is 0 Å². The van der Waals surface area contributed by atoms with Crippen molar-refractivity contribution < 1.29 is 0 Å². The summed E-state index contributed by atoms with van der Waals surface area (Å²) in [4.78, 5) is 0. The first kappa shape index (κ1) is 17.6. The number of nitrogens with zero attached hydrogens (tertiary/aromatic N) is 4. The van der Waals surface area contributed by atoms with Gasteiger partial charge in [0.25, 0.3) is 0 Å². The van der Waals surface area contributed by atoms with E-state index in [9.17, 15) is 0 Å². The van der Waals surface area contributed by atoms with Crippen molar-refractivity contribution in [3.63, 3.8) is 0 Å². The summed E-state index contributed by atoms with van der Waals surface area (Å²) in [6.45, 7) is 0.788. The minimum absolute atomic E-state index is 0.605. The fraction of sp³-hybridized carbons (Fsp3) is 0.0385. The van der Waals surface area contributed by atoms with Gasteiger partial charge in [-0.15, -0.1) is 10.2 Å². The van der Waals surface area contributed by atoms with Crippen molar-refractivity contribution in [3.05, 3.63) is 103 Å². The minimum Gasteiger partial charge on any atom is -0.336 e. The number of para-hydroxylation sites is 1. The third-order valence-electron chi connectivity index (χ3n) is 5.81. The Morgan fingerprint density at radius 3 is 2.32 bits per heavy atom. The van der Waals surface area contributed by atoms with Gasteiger partial charge in [-0.05, 0) is 46.2 Å². The van der Waals surface area contributed by atoms with Crippen LogP contribution in [0.1, 0.15) is 5.56 Å². The van der Waals surface area contributed by atoms with Crippen LogP contribution in [-0.2, 0) is 6.54 Å².